The molecule has 0 aliphatic heterocycles. The Kier molecular flexibility index (Phi) is 6.17. The number of aryl methyl sites for hydroxylation is 1. The van der Waals surface area contributed by atoms with Gasteiger partial charge in [0.1, 0.15) is 5.75 Å². The van der Waals surface area contributed by atoms with Crippen molar-refractivity contribution in [3.8, 4) is 5.75 Å². The molecule has 1 aromatic carbocycles. The van der Waals surface area contributed by atoms with E-state index in [-0.39, 0.29) is 0 Å². The zero-order valence-electron chi connectivity index (χ0n) is 12.8. The summed E-state index contributed by atoms with van der Waals surface area (Å²) in [5.74, 6) is 0.886. The summed E-state index contributed by atoms with van der Waals surface area (Å²) in [7, 11) is 3.40. The SMILES string of the molecule is COCCNCc1sc(Cc2ccc(OC)cc2)nc1C. The van der Waals surface area contributed by atoms with E-state index in [9.17, 15) is 0 Å². The van der Waals surface area contributed by atoms with E-state index in [2.05, 4.69) is 29.4 Å². The van der Waals surface area contributed by atoms with Crippen molar-refractivity contribution in [2.75, 3.05) is 27.4 Å². The summed E-state index contributed by atoms with van der Waals surface area (Å²) >= 11 is 1.78. The maximum atomic E-state index is 5.18. The van der Waals surface area contributed by atoms with E-state index in [1.165, 1.54) is 10.4 Å². The molecule has 0 unspecified atom stereocenters. The summed E-state index contributed by atoms with van der Waals surface area (Å²) in [6.07, 6.45) is 0.869. The molecule has 2 rings (SSSR count). The molecule has 2 aromatic rings. The van der Waals surface area contributed by atoms with Crippen LogP contribution >= 0.6 is 11.3 Å². The summed E-state index contributed by atoms with van der Waals surface area (Å²) in [6, 6.07) is 8.16. The monoisotopic (exact) mass is 306 g/mol. The number of aromatic nitrogens is 1. The van der Waals surface area contributed by atoms with Gasteiger partial charge in [0, 0.05) is 31.5 Å². The maximum Gasteiger partial charge on any atom is 0.118 e. The van der Waals surface area contributed by atoms with E-state index in [4.69, 9.17) is 9.47 Å². The van der Waals surface area contributed by atoms with Crippen LogP contribution in [0.5, 0.6) is 5.75 Å². The first-order valence-corrected chi connectivity index (χ1v) is 7.82. The van der Waals surface area contributed by atoms with Crippen LogP contribution in [-0.4, -0.2) is 32.4 Å². The predicted octanol–water partition coefficient (Wildman–Crippen LogP) is 2.79. The molecule has 1 heterocycles. The second-order valence-corrected chi connectivity index (χ2v) is 5.98. The summed E-state index contributed by atoms with van der Waals surface area (Å²) in [6.45, 7) is 4.52. The van der Waals surface area contributed by atoms with Gasteiger partial charge in [-0.2, -0.15) is 0 Å². The third-order valence-electron chi connectivity index (χ3n) is 3.22. The van der Waals surface area contributed by atoms with Gasteiger partial charge in [-0.3, -0.25) is 0 Å². The van der Waals surface area contributed by atoms with Crippen molar-refractivity contribution in [1.29, 1.82) is 0 Å². The molecule has 0 saturated carbocycles. The number of nitrogens with zero attached hydrogens (tertiary/aromatic N) is 1. The zero-order chi connectivity index (χ0) is 15.1. The van der Waals surface area contributed by atoms with Crippen LogP contribution in [0.3, 0.4) is 0 Å². The molecule has 0 spiro atoms. The fourth-order valence-corrected chi connectivity index (χ4v) is 3.10. The van der Waals surface area contributed by atoms with E-state index in [0.717, 1.165) is 42.6 Å². The second-order valence-electron chi connectivity index (χ2n) is 4.81. The molecular formula is C16H22N2O2S. The Bertz CT molecular complexity index is 552. The number of ether oxygens (including phenoxy) is 2. The molecule has 0 fully saturated rings. The summed E-state index contributed by atoms with van der Waals surface area (Å²) in [5, 5.41) is 4.52. The number of thiazole rings is 1. The molecule has 114 valence electrons. The molecule has 0 bridgehead atoms. The smallest absolute Gasteiger partial charge is 0.118 e. The van der Waals surface area contributed by atoms with Crippen molar-refractivity contribution in [3.05, 3.63) is 45.4 Å². The molecule has 21 heavy (non-hydrogen) atoms. The van der Waals surface area contributed by atoms with Crippen molar-refractivity contribution in [1.82, 2.24) is 10.3 Å². The van der Waals surface area contributed by atoms with Gasteiger partial charge in [0.2, 0.25) is 0 Å². The minimum absolute atomic E-state index is 0.733. The predicted molar refractivity (Wildman–Crippen MR) is 86.2 cm³/mol. The topological polar surface area (TPSA) is 43.4 Å². The number of benzene rings is 1. The van der Waals surface area contributed by atoms with Crippen LogP contribution in [0.2, 0.25) is 0 Å². The first kappa shape index (κ1) is 15.9. The fraction of sp³-hybridized carbons (Fsp3) is 0.438. The lowest BCUT2D eigenvalue weighted by atomic mass is 10.1. The van der Waals surface area contributed by atoms with Crippen molar-refractivity contribution in [2.45, 2.75) is 19.9 Å². The lowest BCUT2D eigenvalue weighted by molar-refractivity contribution is 0.199. The van der Waals surface area contributed by atoms with Crippen molar-refractivity contribution < 1.29 is 9.47 Å². The summed E-state index contributed by atoms with van der Waals surface area (Å²) < 4.78 is 10.2. The van der Waals surface area contributed by atoms with Crippen molar-refractivity contribution in [3.63, 3.8) is 0 Å². The number of rotatable bonds is 8. The number of methoxy groups -OCH3 is 2. The van der Waals surface area contributed by atoms with Gasteiger partial charge in [-0.1, -0.05) is 12.1 Å². The van der Waals surface area contributed by atoms with Gasteiger partial charge in [-0.05, 0) is 24.6 Å². The lowest BCUT2D eigenvalue weighted by Gasteiger charge is -2.02. The van der Waals surface area contributed by atoms with Crippen LogP contribution in [0.1, 0.15) is 21.1 Å². The van der Waals surface area contributed by atoms with Crippen LogP contribution < -0.4 is 10.1 Å². The van der Waals surface area contributed by atoms with E-state index >= 15 is 0 Å². The largest absolute Gasteiger partial charge is 0.497 e. The number of hydrogen-bond acceptors (Lipinski definition) is 5. The molecule has 0 radical (unpaired) electrons. The van der Waals surface area contributed by atoms with Gasteiger partial charge in [0.05, 0.1) is 24.4 Å². The highest BCUT2D eigenvalue weighted by Crippen LogP contribution is 2.21. The van der Waals surface area contributed by atoms with Crippen LogP contribution in [0.4, 0.5) is 0 Å². The molecule has 0 aliphatic carbocycles. The van der Waals surface area contributed by atoms with Crippen LogP contribution in [0.25, 0.3) is 0 Å². The molecule has 1 N–H and O–H groups in total. The summed E-state index contributed by atoms with van der Waals surface area (Å²) in [5.41, 5.74) is 2.37. The van der Waals surface area contributed by atoms with E-state index in [1.807, 2.05) is 12.1 Å². The molecular weight excluding hydrogens is 284 g/mol. The average Bonchev–Trinajstić information content (AvgIpc) is 2.84. The Balaban J connectivity index is 1.94. The molecule has 0 atom stereocenters. The van der Waals surface area contributed by atoms with Gasteiger partial charge >= 0.3 is 0 Å². The summed E-state index contributed by atoms with van der Waals surface area (Å²) in [4.78, 5) is 5.96. The quantitative estimate of drug-likeness (QED) is 0.762. The highest BCUT2D eigenvalue weighted by molar-refractivity contribution is 7.11. The Labute approximate surface area is 130 Å². The van der Waals surface area contributed by atoms with Crippen LogP contribution in [0.15, 0.2) is 24.3 Å². The zero-order valence-corrected chi connectivity index (χ0v) is 13.6. The minimum atomic E-state index is 0.733. The van der Waals surface area contributed by atoms with Gasteiger partial charge in [0.15, 0.2) is 0 Å². The van der Waals surface area contributed by atoms with E-state index < -0.39 is 0 Å². The Morgan fingerprint density at radius 3 is 2.62 bits per heavy atom. The lowest BCUT2D eigenvalue weighted by Crippen LogP contribution is -2.18. The highest BCUT2D eigenvalue weighted by Gasteiger charge is 2.08. The van der Waals surface area contributed by atoms with Gasteiger partial charge < -0.3 is 14.8 Å². The third kappa shape index (κ3) is 4.81. The molecule has 0 aliphatic rings. The van der Waals surface area contributed by atoms with Gasteiger partial charge in [-0.15, -0.1) is 11.3 Å². The number of hydrogen-bond donors (Lipinski definition) is 1. The molecule has 0 amide bonds. The molecule has 1 aromatic heterocycles. The molecule has 4 nitrogen and oxygen atoms in total. The van der Waals surface area contributed by atoms with E-state index in [0.29, 0.717) is 0 Å². The third-order valence-corrected chi connectivity index (χ3v) is 4.38. The fourth-order valence-electron chi connectivity index (χ4n) is 2.02. The molecule has 0 saturated heterocycles. The van der Waals surface area contributed by atoms with E-state index in [1.54, 1.807) is 25.6 Å². The highest BCUT2D eigenvalue weighted by atomic mass is 32.1. The van der Waals surface area contributed by atoms with Crippen LogP contribution in [0, 0.1) is 6.92 Å². The maximum absolute atomic E-state index is 5.18. The second kappa shape index (κ2) is 8.12. The molecule has 5 heteroatoms. The van der Waals surface area contributed by atoms with Gasteiger partial charge in [0.25, 0.3) is 0 Å². The number of nitrogens with one attached hydrogen (secondary N) is 1. The first-order chi connectivity index (χ1) is 10.2. The Hall–Kier alpha value is -1.43. The standard InChI is InChI=1S/C16H22N2O2S/c1-12-15(11-17-8-9-19-2)21-16(18-12)10-13-4-6-14(20-3)7-5-13/h4-7,17H,8-11H2,1-3H3. The first-order valence-electron chi connectivity index (χ1n) is 7.00. The van der Waals surface area contributed by atoms with Gasteiger partial charge in [-0.25, -0.2) is 4.98 Å². The van der Waals surface area contributed by atoms with Crippen LogP contribution in [-0.2, 0) is 17.7 Å². The van der Waals surface area contributed by atoms with Crippen molar-refractivity contribution in [2.24, 2.45) is 0 Å². The minimum Gasteiger partial charge on any atom is -0.497 e. The Morgan fingerprint density at radius 1 is 1.19 bits per heavy atom. The Morgan fingerprint density at radius 2 is 1.95 bits per heavy atom. The average molecular weight is 306 g/mol. The van der Waals surface area contributed by atoms with Crippen molar-refractivity contribution >= 4 is 11.3 Å². The normalized spacial score (nSPS) is 10.8.